The predicted molar refractivity (Wildman–Crippen MR) is 53.4 cm³/mol. The summed E-state index contributed by atoms with van der Waals surface area (Å²) in [5.41, 5.74) is 0. The first kappa shape index (κ1) is 9.20. The molecule has 11 heavy (non-hydrogen) atoms. The van der Waals surface area contributed by atoms with Crippen LogP contribution in [0.3, 0.4) is 0 Å². The Kier molecular flexibility index (Phi) is 4.08. The van der Waals surface area contributed by atoms with Crippen molar-refractivity contribution >= 4 is 27.3 Å². The van der Waals surface area contributed by atoms with Crippen molar-refractivity contribution in [1.29, 1.82) is 0 Å². The van der Waals surface area contributed by atoms with Gasteiger partial charge >= 0.3 is 0 Å². The van der Waals surface area contributed by atoms with Crippen molar-refractivity contribution in [2.75, 3.05) is 0 Å². The molecular weight excluding hydrogens is 222 g/mol. The molecule has 0 N–H and O–H groups in total. The average molecular weight is 234 g/mol. The molecule has 0 bridgehead atoms. The van der Waals surface area contributed by atoms with E-state index in [0.29, 0.717) is 4.83 Å². The first-order valence-corrected chi connectivity index (χ1v) is 5.61. The number of nitrogens with zero attached hydrogens (tertiary/aromatic N) is 1. The lowest BCUT2D eigenvalue weighted by Crippen LogP contribution is -1.91. The van der Waals surface area contributed by atoms with Gasteiger partial charge in [0.25, 0.3) is 0 Å². The third kappa shape index (κ3) is 3.87. The standard InChI is InChI=1S/C8H12BrNS/c1-7(9)3-2-4-8-10-5-6-11-8/h5-7H,2-4H2,1H3. The highest BCUT2D eigenvalue weighted by atomic mass is 79.9. The number of hydrogen-bond acceptors (Lipinski definition) is 2. The Morgan fingerprint density at radius 2 is 2.55 bits per heavy atom. The average Bonchev–Trinajstić information content (AvgIpc) is 2.39. The van der Waals surface area contributed by atoms with Crippen molar-refractivity contribution in [2.24, 2.45) is 0 Å². The Balaban J connectivity index is 2.14. The van der Waals surface area contributed by atoms with E-state index in [4.69, 9.17) is 0 Å². The topological polar surface area (TPSA) is 12.9 Å². The van der Waals surface area contributed by atoms with Crippen LogP contribution < -0.4 is 0 Å². The first-order chi connectivity index (χ1) is 5.29. The van der Waals surface area contributed by atoms with Crippen LogP contribution in [0.1, 0.15) is 24.8 Å². The van der Waals surface area contributed by atoms with E-state index < -0.39 is 0 Å². The smallest absolute Gasteiger partial charge is 0.0924 e. The molecule has 0 saturated heterocycles. The minimum Gasteiger partial charge on any atom is -0.250 e. The normalized spacial score (nSPS) is 13.3. The molecule has 0 amide bonds. The molecule has 0 aliphatic carbocycles. The quantitative estimate of drug-likeness (QED) is 0.729. The SMILES string of the molecule is CC(Br)CCCc1nccs1. The largest absolute Gasteiger partial charge is 0.250 e. The molecule has 0 aliphatic rings. The van der Waals surface area contributed by atoms with E-state index in [1.165, 1.54) is 17.8 Å². The van der Waals surface area contributed by atoms with Crippen molar-refractivity contribution in [3.63, 3.8) is 0 Å². The predicted octanol–water partition coefficient (Wildman–Crippen LogP) is 3.25. The number of aromatic nitrogens is 1. The Morgan fingerprint density at radius 3 is 3.09 bits per heavy atom. The monoisotopic (exact) mass is 233 g/mol. The van der Waals surface area contributed by atoms with Crippen LogP contribution in [0.15, 0.2) is 11.6 Å². The molecule has 1 rings (SSSR count). The highest BCUT2D eigenvalue weighted by molar-refractivity contribution is 9.09. The molecule has 1 heterocycles. The van der Waals surface area contributed by atoms with Gasteiger partial charge < -0.3 is 0 Å². The number of halogens is 1. The van der Waals surface area contributed by atoms with Crippen LogP contribution in [-0.2, 0) is 6.42 Å². The maximum absolute atomic E-state index is 4.22. The minimum absolute atomic E-state index is 0.641. The summed E-state index contributed by atoms with van der Waals surface area (Å²) in [6.07, 6.45) is 5.48. The molecular formula is C8H12BrNS. The van der Waals surface area contributed by atoms with Crippen molar-refractivity contribution < 1.29 is 0 Å². The third-order valence-electron chi connectivity index (χ3n) is 1.48. The molecule has 1 aromatic heterocycles. The zero-order valence-corrected chi connectivity index (χ0v) is 8.99. The summed E-state index contributed by atoms with van der Waals surface area (Å²) in [5.74, 6) is 0. The minimum atomic E-state index is 0.641. The summed E-state index contributed by atoms with van der Waals surface area (Å²) in [7, 11) is 0. The molecule has 0 radical (unpaired) electrons. The van der Waals surface area contributed by atoms with Gasteiger partial charge in [0.05, 0.1) is 5.01 Å². The van der Waals surface area contributed by atoms with Crippen LogP contribution in [-0.4, -0.2) is 9.81 Å². The zero-order chi connectivity index (χ0) is 8.10. The van der Waals surface area contributed by atoms with Gasteiger partial charge in [-0.2, -0.15) is 0 Å². The van der Waals surface area contributed by atoms with Gasteiger partial charge in [-0.1, -0.05) is 22.9 Å². The van der Waals surface area contributed by atoms with Gasteiger partial charge in [0.15, 0.2) is 0 Å². The maximum atomic E-state index is 4.22. The summed E-state index contributed by atoms with van der Waals surface area (Å²) in [6.45, 7) is 2.18. The second-order valence-electron chi connectivity index (χ2n) is 2.60. The Bertz CT molecular complexity index is 184. The fraction of sp³-hybridized carbons (Fsp3) is 0.625. The van der Waals surface area contributed by atoms with Gasteiger partial charge in [-0.15, -0.1) is 11.3 Å². The fourth-order valence-corrected chi connectivity index (χ4v) is 1.90. The molecule has 1 unspecified atom stereocenters. The molecule has 1 aromatic rings. The molecule has 0 aromatic carbocycles. The van der Waals surface area contributed by atoms with Crippen molar-refractivity contribution in [2.45, 2.75) is 31.0 Å². The summed E-state index contributed by atoms with van der Waals surface area (Å²) in [5, 5.41) is 3.30. The number of rotatable bonds is 4. The van der Waals surface area contributed by atoms with E-state index in [0.717, 1.165) is 6.42 Å². The second-order valence-corrected chi connectivity index (χ2v) is 5.14. The van der Waals surface area contributed by atoms with E-state index in [9.17, 15) is 0 Å². The van der Waals surface area contributed by atoms with Gasteiger partial charge in [0.2, 0.25) is 0 Å². The summed E-state index contributed by atoms with van der Waals surface area (Å²) < 4.78 is 0. The highest BCUT2D eigenvalue weighted by Gasteiger charge is 1.98. The number of alkyl halides is 1. The molecule has 3 heteroatoms. The Morgan fingerprint density at radius 1 is 1.73 bits per heavy atom. The van der Waals surface area contributed by atoms with Gasteiger partial charge in [-0.05, 0) is 19.3 Å². The third-order valence-corrected chi connectivity index (χ3v) is 2.77. The molecule has 0 spiro atoms. The molecule has 0 saturated carbocycles. The number of aryl methyl sites for hydroxylation is 1. The van der Waals surface area contributed by atoms with Crippen molar-refractivity contribution in [1.82, 2.24) is 4.98 Å². The number of thiazole rings is 1. The molecule has 62 valence electrons. The van der Waals surface area contributed by atoms with E-state index in [1.807, 2.05) is 11.6 Å². The lowest BCUT2D eigenvalue weighted by Gasteiger charge is -1.99. The Labute approximate surface area is 80.0 Å². The van der Waals surface area contributed by atoms with Crippen molar-refractivity contribution in [3.05, 3.63) is 16.6 Å². The van der Waals surface area contributed by atoms with E-state index >= 15 is 0 Å². The molecule has 0 fully saturated rings. The van der Waals surface area contributed by atoms with Gasteiger partial charge in [-0.3, -0.25) is 0 Å². The van der Waals surface area contributed by atoms with Crippen LogP contribution in [0.4, 0.5) is 0 Å². The summed E-state index contributed by atoms with van der Waals surface area (Å²) >= 11 is 5.27. The van der Waals surface area contributed by atoms with Crippen LogP contribution >= 0.6 is 27.3 Å². The highest BCUT2D eigenvalue weighted by Crippen LogP contribution is 2.12. The maximum Gasteiger partial charge on any atom is 0.0924 e. The first-order valence-electron chi connectivity index (χ1n) is 3.81. The summed E-state index contributed by atoms with van der Waals surface area (Å²) in [6, 6.07) is 0. The van der Waals surface area contributed by atoms with Gasteiger partial charge in [0, 0.05) is 16.4 Å². The zero-order valence-electron chi connectivity index (χ0n) is 6.59. The van der Waals surface area contributed by atoms with Crippen LogP contribution in [0.2, 0.25) is 0 Å². The lowest BCUT2D eigenvalue weighted by atomic mass is 10.2. The van der Waals surface area contributed by atoms with Gasteiger partial charge in [-0.25, -0.2) is 4.98 Å². The van der Waals surface area contributed by atoms with Crippen LogP contribution in [0.5, 0.6) is 0 Å². The summed E-state index contributed by atoms with van der Waals surface area (Å²) in [4.78, 5) is 4.86. The molecule has 0 aliphatic heterocycles. The number of hydrogen-bond donors (Lipinski definition) is 0. The Hall–Kier alpha value is 0.110. The van der Waals surface area contributed by atoms with E-state index in [2.05, 4.69) is 27.8 Å². The van der Waals surface area contributed by atoms with E-state index in [1.54, 1.807) is 11.3 Å². The van der Waals surface area contributed by atoms with E-state index in [-0.39, 0.29) is 0 Å². The fourth-order valence-electron chi connectivity index (χ4n) is 0.911. The molecule has 1 nitrogen and oxygen atoms in total. The van der Waals surface area contributed by atoms with Gasteiger partial charge in [0.1, 0.15) is 0 Å². The van der Waals surface area contributed by atoms with Crippen LogP contribution in [0, 0.1) is 0 Å². The second kappa shape index (κ2) is 4.88. The molecule has 1 atom stereocenters. The van der Waals surface area contributed by atoms with Crippen molar-refractivity contribution in [3.8, 4) is 0 Å². The van der Waals surface area contributed by atoms with Crippen LogP contribution in [0.25, 0.3) is 0 Å². The lowest BCUT2D eigenvalue weighted by molar-refractivity contribution is 0.733.